The molecule has 0 aromatic heterocycles. The summed E-state index contributed by atoms with van der Waals surface area (Å²) in [6.07, 6.45) is 1.78. The molecule has 2 unspecified atom stereocenters. The van der Waals surface area contributed by atoms with Gasteiger partial charge in [0.25, 0.3) is 0 Å². The molecular formula is C14H18INO2. The third-order valence-electron chi connectivity index (χ3n) is 3.64. The number of carboxylic acids is 1. The summed E-state index contributed by atoms with van der Waals surface area (Å²) in [5.74, 6) is -0.862. The van der Waals surface area contributed by atoms with Crippen molar-refractivity contribution >= 4 is 28.6 Å². The zero-order valence-electron chi connectivity index (χ0n) is 10.5. The monoisotopic (exact) mass is 359 g/mol. The molecule has 1 N–H and O–H groups in total. The Labute approximate surface area is 121 Å². The first-order valence-electron chi connectivity index (χ1n) is 6.27. The second-order valence-corrected chi connectivity index (χ2v) is 6.27. The van der Waals surface area contributed by atoms with Gasteiger partial charge in [-0.15, -0.1) is 0 Å². The number of aliphatic carboxylic acids is 1. The van der Waals surface area contributed by atoms with Gasteiger partial charge in [0, 0.05) is 22.7 Å². The highest BCUT2D eigenvalue weighted by molar-refractivity contribution is 14.1. The van der Waals surface area contributed by atoms with Crippen LogP contribution < -0.4 is 0 Å². The van der Waals surface area contributed by atoms with Crippen LogP contribution >= 0.6 is 22.6 Å². The summed E-state index contributed by atoms with van der Waals surface area (Å²) in [6.45, 7) is 3.70. The Morgan fingerprint density at radius 1 is 1.50 bits per heavy atom. The van der Waals surface area contributed by atoms with Gasteiger partial charge in [-0.3, -0.25) is 9.69 Å². The molecule has 0 aliphatic carbocycles. The summed E-state index contributed by atoms with van der Waals surface area (Å²) >= 11 is 2.31. The van der Waals surface area contributed by atoms with Crippen molar-refractivity contribution in [1.82, 2.24) is 4.90 Å². The van der Waals surface area contributed by atoms with Crippen molar-refractivity contribution in [2.45, 2.75) is 32.4 Å². The average Bonchev–Trinajstić information content (AvgIpc) is 2.31. The quantitative estimate of drug-likeness (QED) is 0.844. The van der Waals surface area contributed by atoms with E-state index in [1.807, 2.05) is 0 Å². The van der Waals surface area contributed by atoms with E-state index in [2.05, 4.69) is 58.7 Å². The normalized spacial score (nSPS) is 25.0. The zero-order valence-corrected chi connectivity index (χ0v) is 12.6. The van der Waals surface area contributed by atoms with Crippen molar-refractivity contribution in [2.24, 2.45) is 5.92 Å². The topological polar surface area (TPSA) is 40.5 Å². The highest BCUT2D eigenvalue weighted by Gasteiger charge is 2.29. The van der Waals surface area contributed by atoms with Gasteiger partial charge in [-0.2, -0.15) is 0 Å². The first kappa shape index (κ1) is 13.8. The maximum Gasteiger partial charge on any atom is 0.307 e. The molecule has 18 heavy (non-hydrogen) atoms. The molecule has 1 aliphatic heterocycles. The molecule has 1 saturated heterocycles. The van der Waals surface area contributed by atoms with Gasteiger partial charge in [-0.1, -0.05) is 12.1 Å². The molecule has 0 bridgehead atoms. The lowest BCUT2D eigenvalue weighted by Gasteiger charge is -2.36. The molecule has 0 spiro atoms. The van der Waals surface area contributed by atoms with Gasteiger partial charge in [0.2, 0.25) is 0 Å². The average molecular weight is 359 g/mol. The van der Waals surface area contributed by atoms with E-state index in [1.54, 1.807) is 0 Å². The molecule has 1 aliphatic rings. The number of nitrogens with zero attached hydrogens (tertiary/aromatic N) is 1. The number of carboxylic acid groups (broad SMARTS) is 1. The molecule has 1 aromatic rings. The van der Waals surface area contributed by atoms with Gasteiger partial charge in [0.05, 0.1) is 5.92 Å². The van der Waals surface area contributed by atoms with Crippen LogP contribution in [-0.2, 0) is 11.3 Å². The van der Waals surface area contributed by atoms with Gasteiger partial charge < -0.3 is 5.11 Å². The van der Waals surface area contributed by atoms with Crippen LogP contribution in [0.4, 0.5) is 0 Å². The SMILES string of the molecule is CC1CCC(C(=O)O)CN1Cc1cccc(I)c1. The number of carbonyl (C=O) groups is 1. The Morgan fingerprint density at radius 3 is 2.94 bits per heavy atom. The molecule has 2 rings (SSSR count). The van der Waals surface area contributed by atoms with E-state index in [4.69, 9.17) is 5.11 Å². The molecular weight excluding hydrogens is 341 g/mol. The lowest BCUT2D eigenvalue weighted by Crippen LogP contribution is -2.43. The van der Waals surface area contributed by atoms with Crippen molar-refractivity contribution in [3.05, 3.63) is 33.4 Å². The fourth-order valence-corrected chi connectivity index (χ4v) is 3.08. The highest BCUT2D eigenvalue weighted by Crippen LogP contribution is 2.24. The maximum absolute atomic E-state index is 11.1. The second-order valence-electron chi connectivity index (χ2n) is 5.02. The fourth-order valence-electron chi connectivity index (χ4n) is 2.47. The smallest absolute Gasteiger partial charge is 0.307 e. The van der Waals surface area contributed by atoms with Crippen LogP contribution in [0.25, 0.3) is 0 Å². The van der Waals surface area contributed by atoms with E-state index in [0.29, 0.717) is 12.6 Å². The predicted molar refractivity (Wildman–Crippen MR) is 79.4 cm³/mol. The number of likely N-dealkylation sites (tertiary alicyclic amines) is 1. The minimum atomic E-state index is -0.658. The van der Waals surface area contributed by atoms with Crippen LogP contribution in [0.1, 0.15) is 25.3 Å². The summed E-state index contributed by atoms with van der Waals surface area (Å²) in [4.78, 5) is 13.4. The predicted octanol–water partition coefficient (Wildman–Crippen LogP) is 2.98. The lowest BCUT2D eigenvalue weighted by molar-refractivity contribution is -0.144. The van der Waals surface area contributed by atoms with Gasteiger partial charge in [-0.05, 0) is 60.1 Å². The van der Waals surface area contributed by atoms with Crippen LogP contribution in [0.2, 0.25) is 0 Å². The lowest BCUT2D eigenvalue weighted by atomic mass is 9.93. The van der Waals surface area contributed by atoms with Gasteiger partial charge in [0.15, 0.2) is 0 Å². The minimum absolute atomic E-state index is 0.205. The number of piperidine rings is 1. The first-order chi connectivity index (χ1) is 8.56. The van der Waals surface area contributed by atoms with Crippen LogP contribution in [0.15, 0.2) is 24.3 Å². The van der Waals surface area contributed by atoms with E-state index in [1.165, 1.54) is 9.13 Å². The Balaban J connectivity index is 2.04. The first-order valence-corrected chi connectivity index (χ1v) is 7.35. The molecule has 0 radical (unpaired) electrons. The molecule has 1 heterocycles. The van der Waals surface area contributed by atoms with Crippen molar-refractivity contribution in [3.8, 4) is 0 Å². The van der Waals surface area contributed by atoms with E-state index < -0.39 is 5.97 Å². The second kappa shape index (κ2) is 6.02. The summed E-state index contributed by atoms with van der Waals surface area (Å²) in [5, 5.41) is 9.12. The molecule has 2 atom stereocenters. The van der Waals surface area contributed by atoms with E-state index in [-0.39, 0.29) is 5.92 Å². The summed E-state index contributed by atoms with van der Waals surface area (Å²) in [7, 11) is 0. The number of halogens is 1. The van der Waals surface area contributed by atoms with E-state index in [9.17, 15) is 4.79 Å². The fraction of sp³-hybridized carbons (Fsp3) is 0.500. The number of rotatable bonds is 3. The van der Waals surface area contributed by atoms with Crippen molar-refractivity contribution < 1.29 is 9.90 Å². The van der Waals surface area contributed by atoms with Crippen LogP contribution in [0.5, 0.6) is 0 Å². The molecule has 1 fully saturated rings. The Morgan fingerprint density at radius 2 is 2.28 bits per heavy atom. The van der Waals surface area contributed by atoms with E-state index in [0.717, 1.165) is 19.4 Å². The largest absolute Gasteiger partial charge is 0.481 e. The Kier molecular flexibility index (Phi) is 4.61. The highest BCUT2D eigenvalue weighted by atomic mass is 127. The maximum atomic E-state index is 11.1. The summed E-state index contributed by atoms with van der Waals surface area (Å²) in [5.41, 5.74) is 1.26. The molecule has 0 amide bonds. The van der Waals surface area contributed by atoms with Gasteiger partial charge >= 0.3 is 5.97 Å². The van der Waals surface area contributed by atoms with Crippen LogP contribution in [0, 0.1) is 9.49 Å². The molecule has 4 heteroatoms. The van der Waals surface area contributed by atoms with Crippen molar-refractivity contribution in [2.75, 3.05) is 6.54 Å². The Hall–Kier alpha value is -0.620. The number of hydrogen-bond acceptors (Lipinski definition) is 2. The molecule has 1 aromatic carbocycles. The summed E-state index contributed by atoms with van der Waals surface area (Å²) < 4.78 is 1.23. The van der Waals surface area contributed by atoms with Gasteiger partial charge in [-0.25, -0.2) is 0 Å². The Bertz CT molecular complexity index is 436. The van der Waals surface area contributed by atoms with E-state index >= 15 is 0 Å². The zero-order chi connectivity index (χ0) is 13.1. The summed E-state index contributed by atoms with van der Waals surface area (Å²) in [6, 6.07) is 8.87. The van der Waals surface area contributed by atoms with Crippen molar-refractivity contribution in [1.29, 1.82) is 0 Å². The molecule has 0 saturated carbocycles. The third-order valence-corrected chi connectivity index (χ3v) is 4.31. The number of benzene rings is 1. The number of hydrogen-bond donors (Lipinski definition) is 1. The van der Waals surface area contributed by atoms with Crippen molar-refractivity contribution in [3.63, 3.8) is 0 Å². The minimum Gasteiger partial charge on any atom is -0.481 e. The third kappa shape index (κ3) is 3.45. The van der Waals surface area contributed by atoms with Crippen LogP contribution in [0.3, 0.4) is 0 Å². The molecule has 98 valence electrons. The van der Waals surface area contributed by atoms with Gasteiger partial charge in [0.1, 0.15) is 0 Å². The molecule has 3 nitrogen and oxygen atoms in total. The standard InChI is InChI=1S/C14H18INO2/c1-10-5-6-12(14(17)18)9-16(10)8-11-3-2-4-13(15)7-11/h2-4,7,10,12H,5-6,8-9H2,1H3,(H,17,18). The van der Waals surface area contributed by atoms with Crippen LogP contribution in [-0.4, -0.2) is 28.6 Å².